The van der Waals surface area contributed by atoms with Crippen LogP contribution in [0.5, 0.6) is 0 Å². The van der Waals surface area contributed by atoms with E-state index >= 15 is 0 Å². The number of pyridine rings is 1. The van der Waals surface area contributed by atoms with E-state index in [4.69, 9.17) is 20.6 Å². The van der Waals surface area contributed by atoms with Gasteiger partial charge in [0.2, 0.25) is 0 Å². The molecule has 30 heavy (non-hydrogen) atoms. The summed E-state index contributed by atoms with van der Waals surface area (Å²) in [5, 5.41) is 7.08. The van der Waals surface area contributed by atoms with Crippen molar-refractivity contribution in [2.45, 2.75) is 31.5 Å². The molecule has 2 fully saturated rings. The van der Waals surface area contributed by atoms with E-state index in [0.29, 0.717) is 13.1 Å². The Bertz CT molecular complexity index is 984. The summed E-state index contributed by atoms with van der Waals surface area (Å²) < 4.78 is 40.3. The van der Waals surface area contributed by atoms with Gasteiger partial charge in [-0.25, -0.2) is 13.8 Å². The Morgan fingerprint density at radius 1 is 1.37 bits per heavy atom. The maximum absolute atomic E-state index is 14.9. The number of carbonyl (C=O) groups excluding carboxylic acids is 1. The van der Waals surface area contributed by atoms with Crippen LogP contribution in [0.15, 0.2) is 30.5 Å². The summed E-state index contributed by atoms with van der Waals surface area (Å²) in [5.74, 6) is -1.97. The Morgan fingerprint density at radius 2 is 2.17 bits per heavy atom. The van der Waals surface area contributed by atoms with E-state index in [-0.39, 0.29) is 47.0 Å². The standard InChI is InChI=1S/C21H22F2N4O3/c22-16-7-14(9-26-20(16)27-11-21(12-27)5-2-6-30-21)15-4-1-3-13(19(15)23)10-29-18(28)8-17(24)25/h1,3-4,7,9H,2,5-6,8,10-12H2,(H3,24,25). The average molecular weight is 416 g/mol. The van der Waals surface area contributed by atoms with E-state index in [0.717, 1.165) is 19.4 Å². The van der Waals surface area contributed by atoms with Gasteiger partial charge in [0.25, 0.3) is 0 Å². The third-order valence-corrected chi connectivity index (χ3v) is 5.38. The molecule has 7 nitrogen and oxygen atoms in total. The Labute approximate surface area is 172 Å². The number of hydrogen-bond donors (Lipinski definition) is 2. The topological polar surface area (TPSA) is 102 Å². The number of esters is 1. The molecule has 3 heterocycles. The molecule has 3 N–H and O–H groups in total. The molecule has 4 rings (SSSR count). The van der Waals surface area contributed by atoms with Gasteiger partial charge in [0.15, 0.2) is 11.6 Å². The lowest BCUT2D eigenvalue weighted by Gasteiger charge is -2.47. The molecule has 0 aliphatic carbocycles. The second kappa shape index (κ2) is 7.98. The van der Waals surface area contributed by atoms with Crippen LogP contribution in [0.3, 0.4) is 0 Å². The molecule has 0 atom stereocenters. The van der Waals surface area contributed by atoms with E-state index < -0.39 is 17.6 Å². The van der Waals surface area contributed by atoms with Crippen molar-refractivity contribution >= 4 is 17.6 Å². The summed E-state index contributed by atoms with van der Waals surface area (Å²) >= 11 is 0. The second-order valence-electron chi connectivity index (χ2n) is 7.66. The molecule has 2 aromatic rings. The number of benzene rings is 1. The molecule has 0 saturated carbocycles. The lowest BCUT2D eigenvalue weighted by Crippen LogP contribution is -2.62. The number of nitrogens with zero attached hydrogens (tertiary/aromatic N) is 2. The first-order chi connectivity index (χ1) is 14.4. The summed E-state index contributed by atoms with van der Waals surface area (Å²) in [6.45, 7) is 1.63. The number of anilines is 1. The molecule has 0 unspecified atom stereocenters. The van der Waals surface area contributed by atoms with Gasteiger partial charge in [0.05, 0.1) is 13.1 Å². The molecule has 2 aliphatic rings. The van der Waals surface area contributed by atoms with Crippen LogP contribution in [0.4, 0.5) is 14.6 Å². The number of amidine groups is 1. The first-order valence-electron chi connectivity index (χ1n) is 9.68. The number of nitrogens with one attached hydrogen (secondary N) is 1. The monoisotopic (exact) mass is 416 g/mol. The predicted octanol–water partition coefficient (Wildman–Crippen LogP) is 2.77. The zero-order valence-corrected chi connectivity index (χ0v) is 16.3. The summed E-state index contributed by atoms with van der Waals surface area (Å²) in [7, 11) is 0. The fourth-order valence-corrected chi connectivity index (χ4v) is 3.89. The molecule has 1 spiro atoms. The molecule has 1 aromatic carbocycles. The van der Waals surface area contributed by atoms with Crippen molar-refractivity contribution < 1.29 is 23.0 Å². The average Bonchev–Trinajstić information content (AvgIpc) is 3.16. The highest BCUT2D eigenvalue weighted by Crippen LogP contribution is 2.38. The minimum atomic E-state index is -0.720. The highest BCUT2D eigenvalue weighted by atomic mass is 19.1. The van der Waals surface area contributed by atoms with Crippen LogP contribution >= 0.6 is 0 Å². The fourth-order valence-electron chi connectivity index (χ4n) is 3.89. The van der Waals surface area contributed by atoms with Gasteiger partial charge >= 0.3 is 5.97 Å². The van der Waals surface area contributed by atoms with Crippen molar-refractivity contribution in [1.82, 2.24) is 4.98 Å². The molecule has 9 heteroatoms. The number of hydrogen-bond acceptors (Lipinski definition) is 6. The van der Waals surface area contributed by atoms with Crippen LogP contribution in [0, 0.1) is 17.0 Å². The normalized spacial score (nSPS) is 17.1. The molecule has 1 aromatic heterocycles. The Kier molecular flexibility index (Phi) is 5.38. The molecule has 0 bridgehead atoms. The predicted molar refractivity (Wildman–Crippen MR) is 106 cm³/mol. The van der Waals surface area contributed by atoms with Gasteiger partial charge < -0.3 is 20.1 Å². The van der Waals surface area contributed by atoms with Crippen LogP contribution in [-0.4, -0.2) is 42.1 Å². The second-order valence-corrected chi connectivity index (χ2v) is 7.66. The number of aromatic nitrogens is 1. The zero-order valence-electron chi connectivity index (χ0n) is 16.3. The van der Waals surface area contributed by atoms with Crippen LogP contribution in [-0.2, 0) is 20.9 Å². The van der Waals surface area contributed by atoms with Crippen molar-refractivity contribution in [3.63, 3.8) is 0 Å². The van der Waals surface area contributed by atoms with E-state index in [1.165, 1.54) is 24.4 Å². The summed E-state index contributed by atoms with van der Waals surface area (Å²) in [4.78, 5) is 17.6. The van der Waals surface area contributed by atoms with E-state index in [9.17, 15) is 13.6 Å². The minimum absolute atomic E-state index is 0.136. The number of rotatable bonds is 6. The minimum Gasteiger partial charge on any atom is -0.460 e. The summed E-state index contributed by atoms with van der Waals surface area (Å²) in [6.07, 6.45) is 3.06. The van der Waals surface area contributed by atoms with Crippen LogP contribution in [0.25, 0.3) is 11.1 Å². The number of carbonyl (C=O) groups is 1. The first kappa shape index (κ1) is 20.2. The fraction of sp³-hybridized carbons (Fsp3) is 0.381. The Balaban J connectivity index is 1.48. The molecular weight excluding hydrogens is 394 g/mol. The first-order valence-corrected chi connectivity index (χ1v) is 9.68. The number of ether oxygens (including phenoxy) is 2. The van der Waals surface area contributed by atoms with Gasteiger partial charge in [0.1, 0.15) is 30.3 Å². The zero-order chi connectivity index (χ0) is 21.3. The highest BCUT2D eigenvalue weighted by molar-refractivity contribution is 5.94. The quantitative estimate of drug-likeness (QED) is 0.427. The van der Waals surface area contributed by atoms with Gasteiger partial charge in [0, 0.05) is 29.5 Å². The lowest BCUT2D eigenvalue weighted by atomic mass is 9.91. The van der Waals surface area contributed by atoms with Gasteiger partial charge in [-0.1, -0.05) is 18.2 Å². The SMILES string of the molecule is N=C(N)CC(=O)OCc1cccc(-c2cnc(N3CC4(CCCO4)C3)c(F)c2)c1F. The molecule has 158 valence electrons. The van der Waals surface area contributed by atoms with Gasteiger partial charge in [-0.3, -0.25) is 10.2 Å². The Hall–Kier alpha value is -3.07. The Morgan fingerprint density at radius 3 is 2.83 bits per heavy atom. The largest absolute Gasteiger partial charge is 0.460 e. The smallest absolute Gasteiger partial charge is 0.313 e. The molecule has 0 radical (unpaired) electrons. The van der Waals surface area contributed by atoms with Gasteiger partial charge in [-0.2, -0.15) is 0 Å². The maximum Gasteiger partial charge on any atom is 0.313 e. The third kappa shape index (κ3) is 3.97. The van der Waals surface area contributed by atoms with Crippen molar-refractivity contribution in [2.24, 2.45) is 5.73 Å². The van der Waals surface area contributed by atoms with Crippen LogP contribution in [0.2, 0.25) is 0 Å². The van der Waals surface area contributed by atoms with Crippen molar-refractivity contribution in [2.75, 3.05) is 24.6 Å². The number of nitrogens with two attached hydrogens (primary N) is 1. The van der Waals surface area contributed by atoms with Crippen molar-refractivity contribution in [3.8, 4) is 11.1 Å². The van der Waals surface area contributed by atoms with Crippen molar-refractivity contribution in [1.29, 1.82) is 5.41 Å². The molecular formula is C21H22F2N4O3. The van der Waals surface area contributed by atoms with Gasteiger partial charge in [-0.05, 0) is 18.9 Å². The summed E-state index contributed by atoms with van der Waals surface area (Å²) in [6, 6.07) is 5.83. The maximum atomic E-state index is 14.9. The number of halogens is 2. The third-order valence-electron chi connectivity index (χ3n) is 5.38. The van der Waals surface area contributed by atoms with E-state index in [2.05, 4.69) is 4.98 Å². The van der Waals surface area contributed by atoms with Crippen molar-refractivity contribution in [3.05, 3.63) is 47.7 Å². The van der Waals surface area contributed by atoms with Crippen LogP contribution < -0.4 is 10.6 Å². The highest BCUT2D eigenvalue weighted by Gasteiger charge is 2.47. The summed E-state index contributed by atoms with van der Waals surface area (Å²) in [5.41, 5.74) is 5.56. The lowest BCUT2D eigenvalue weighted by molar-refractivity contribution is -0.143. The van der Waals surface area contributed by atoms with Crippen LogP contribution in [0.1, 0.15) is 24.8 Å². The molecule has 2 saturated heterocycles. The van der Waals surface area contributed by atoms with Gasteiger partial charge in [-0.15, -0.1) is 0 Å². The molecule has 2 aliphatic heterocycles. The molecule has 0 amide bonds. The van der Waals surface area contributed by atoms with E-state index in [1.54, 1.807) is 6.07 Å². The van der Waals surface area contributed by atoms with E-state index in [1.807, 2.05) is 4.90 Å².